The molecule has 0 radical (unpaired) electrons. The van der Waals surface area contributed by atoms with Crippen LogP contribution in [0.1, 0.15) is 19.8 Å². The second-order valence-electron chi connectivity index (χ2n) is 6.77. The lowest BCUT2D eigenvalue weighted by atomic mass is 10.1. The molecular weight excluding hydrogens is 430 g/mol. The molecule has 0 spiro atoms. The standard InChI is InChI=1S/C20H24ClN3O5S/c1-13(22)19(25)23-12-2-3-18(20(26)27)24-30(28,29)17-10-6-15(7-11-17)14-4-8-16(21)9-5-14/h4-11,13,18,24H,2-3,12,22H2,1H3,(H,23,25)(H,26,27)/t13-,18-/m0/s1. The molecule has 0 saturated heterocycles. The molecule has 0 fully saturated rings. The van der Waals surface area contributed by atoms with E-state index in [0.29, 0.717) is 5.02 Å². The summed E-state index contributed by atoms with van der Waals surface area (Å²) in [5.41, 5.74) is 7.09. The number of sulfonamides is 1. The number of halogens is 1. The highest BCUT2D eigenvalue weighted by Crippen LogP contribution is 2.23. The minimum absolute atomic E-state index is 0.0106. The van der Waals surface area contributed by atoms with Crippen molar-refractivity contribution in [3.8, 4) is 11.1 Å². The fourth-order valence-electron chi connectivity index (χ4n) is 2.64. The Balaban J connectivity index is 2.02. The predicted octanol–water partition coefficient (Wildman–Crippen LogP) is 1.98. The first-order valence-electron chi connectivity index (χ1n) is 9.24. The molecule has 5 N–H and O–H groups in total. The quantitative estimate of drug-likeness (QED) is 0.406. The molecule has 162 valence electrons. The molecule has 0 aliphatic carbocycles. The smallest absolute Gasteiger partial charge is 0.321 e. The number of carbonyl (C=O) groups is 2. The Hall–Kier alpha value is -2.46. The highest BCUT2D eigenvalue weighted by molar-refractivity contribution is 7.89. The van der Waals surface area contributed by atoms with Crippen LogP contribution in [0.25, 0.3) is 11.1 Å². The molecule has 2 atom stereocenters. The molecule has 0 aromatic heterocycles. The summed E-state index contributed by atoms with van der Waals surface area (Å²) in [4.78, 5) is 22.8. The number of amides is 1. The van der Waals surface area contributed by atoms with Gasteiger partial charge in [0.15, 0.2) is 0 Å². The number of aliphatic carboxylic acids is 1. The van der Waals surface area contributed by atoms with Gasteiger partial charge < -0.3 is 16.2 Å². The first-order valence-corrected chi connectivity index (χ1v) is 11.1. The largest absolute Gasteiger partial charge is 0.480 e. The van der Waals surface area contributed by atoms with Gasteiger partial charge in [-0.15, -0.1) is 0 Å². The molecule has 30 heavy (non-hydrogen) atoms. The normalized spacial score (nSPS) is 13.4. The van der Waals surface area contributed by atoms with Crippen LogP contribution in [-0.4, -0.2) is 44.0 Å². The molecule has 2 aromatic rings. The molecule has 0 heterocycles. The molecular formula is C20H24ClN3O5S. The number of benzene rings is 2. The van der Waals surface area contributed by atoms with E-state index < -0.39 is 28.1 Å². The van der Waals surface area contributed by atoms with Crippen LogP contribution >= 0.6 is 11.6 Å². The van der Waals surface area contributed by atoms with E-state index in [1.165, 1.54) is 19.1 Å². The molecule has 1 amide bonds. The van der Waals surface area contributed by atoms with Crippen molar-refractivity contribution in [1.29, 1.82) is 0 Å². The Morgan fingerprint density at radius 2 is 1.60 bits per heavy atom. The van der Waals surface area contributed by atoms with Crippen molar-refractivity contribution in [2.75, 3.05) is 6.54 Å². The Kier molecular flexibility index (Phi) is 8.36. The van der Waals surface area contributed by atoms with E-state index in [1.807, 2.05) is 12.1 Å². The monoisotopic (exact) mass is 453 g/mol. The molecule has 0 saturated carbocycles. The second kappa shape index (κ2) is 10.5. The number of hydrogen-bond acceptors (Lipinski definition) is 5. The molecule has 8 nitrogen and oxygen atoms in total. The predicted molar refractivity (Wildman–Crippen MR) is 115 cm³/mol. The fraction of sp³-hybridized carbons (Fsp3) is 0.300. The number of nitrogens with two attached hydrogens (primary N) is 1. The summed E-state index contributed by atoms with van der Waals surface area (Å²) in [5, 5.41) is 12.5. The maximum Gasteiger partial charge on any atom is 0.321 e. The van der Waals surface area contributed by atoms with E-state index in [4.69, 9.17) is 17.3 Å². The summed E-state index contributed by atoms with van der Waals surface area (Å²) in [6.45, 7) is 1.73. The molecule has 10 heteroatoms. The molecule has 0 aliphatic rings. The summed E-state index contributed by atoms with van der Waals surface area (Å²) in [6, 6.07) is 11.2. The van der Waals surface area contributed by atoms with Gasteiger partial charge in [-0.1, -0.05) is 35.9 Å². The van der Waals surface area contributed by atoms with Gasteiger partial charge in [0, 0.05) is 11.6 Å². The third-order valence-electron chi connectivity index (χ3n) is 4.32. The van der Waals surface area contributed by atoms with Crippen molar-refractivity contribution in [2.24, 2.45) is 5.73 Å². The molecule has 0 unspecified atom stereocenters. The van der Waals surface area contributed by atoms with Crippen LogP contribution < -0.4 is 15.8 Å². The van der Waals surface area contributed by atoms with Crippen LogP contribution in [-0.2, 0) is 19.6 Å². The number of nitrogens with one attached hydrogen (secondary N) is 2. The first-order chi connectivity index (χ1) is 14.1. The zero-order chi connectivity index (χ0) is 22.3. The highest BCUT2D eigenvalue weighted by Gasteiger charge is 2.25. The van der Waals surface area contributed by atoms with Gasteiger partial charge in [0.25, 0.3) is 0 Å². The van der Waals surface area contributed by atoms with Crippen LogP contribution in [0, 0.1) is 0 Å². The lowest BCUT2D eigenvalue weighted by molar-refractivity contribution is -0.139. The minimum atomic E-state index is -4.04. The average Bonchev–Trinajstić information content (AvgIpc) is 2.70. The van der Waals surface area contributed by atoms with Crippen LogP contribution in [0.2, 0.25) is 5.02 Å². The van der Waals surface area contributed by atoms with Crippen molar-refractivity contribution >= 4 is 33.5 Å². The molecule has 0 bridgehead atoms. The van der Waals surface area contributed by atoms with Crippen molar-refractivity contribution < 1.29 is 23.1 Å². The van der Waals surface area contributed by atoms with Gasteiger partial charge in [0.2, 0.25) is 15.9 Å². The second-order valence-corrected chi connectivity index (χ2v) is 8.92. The number of carbonyl (C=O) groups excluding carboxylic acids is 1. The topological polar surface area (TPSA) is 139 Å². The van der Waals surface area contributed by atoms with E-state index in [9.17, 15) is 23.1 Å². The zero-order valence-electron chi connectivity index (χ0n) is 16.3. The number of hydrogen-bond donors (Lipinski definition) is 4. The summed E-state index contributed by atoms with van der Waals surface area (Å²) in [6.07, 6.45) is 0.282. The zero-order valence-corrected chi connectivity index (χ0v) is 17.9. The van der Waals surface area contributed by atoms with E-state index in [2.05, 4.69) is 10.0 Å². The minimum Gasteiger partial charge on any atom is -0.480 e. The lowest BCUT2D eigenvalue weighted by Crippen LogP contribution is -2.42. The lowest BCUT2D eigenvalue weighted by Gasteiger charge is -2.15. The summed E-state index contributed by atoms with van der Waals surface area (Å²) in [5.74, 6) is -1.65. The summed E-state index contributed by atoms with van der Waals surface area (Å²) in [7, 11) is -4.04. The van der Waals surface area contributed by atoms with Crippen LogP contribution in [0.3, 0.4) is 0 Å². The maximum atomic E-state index is 12.6. The van der Waals surface area contributed by atoms with Gasteiger partial charge in [0.1, 0.15) is 6.04 Å². The molecule has 0 aliphatic heterocycles. The van der Waals surface area contributed by atoms with E-state index >= 15 is 0 Å². The van der Waals surface area contributed by atoms with Gasteiger partial charge in [0.05, 0.1) is 10.9 Å². The average molecular weight is 454 g/mol. The van der Waals surface area contributed by atoms with Crippen molar-refractivity contribution in [3.05, 3.63) is 53.6 Å². The van der Waals surface area contributed by atoms with Gasteiger partial charge in [-0.25, -0.2) is 8.42 Å². The van der Waals surface area contributed by atoms with E-state index in [-0.39, 0.29) is 30.2 Å². The highest BCUT2D eigenvalue weighted by atomic mass is 35.5. The number of rotatable bonds is 10. The Labute approximate surface area is 180 Å². The van der Waals surface area contributed by atoms with Crippen molar-refractivity contribution in [1.82, 2.24) is 10.0 Å². The molecule has 2 rings (SSSR count). The van der Waals surface area contributed by atoms with Crippen molar-refractivity contribution in [2.45, 2.75) is 36.7 Å². The summed E-state index contributed by atoms with van der Waals surface area (Å²) < 4.78 is 27.4. The third-order valence-corrected chi connectivity index (χ3v) is 6.06. The number of carboxylic acids is 1. The van der Waals surface area contributed by atoms with E-state index in [0.717, 1.165) is 11.1 Å². The van der Waals surface area contributed by atoms with Gasteiger partial charge in [-0.2, -0.15) is 4.72 Å². The van der Waals surface area contributed by atoms with Gasteiger partial charge >= 0.3 is 5.97 Å². The Morgan fingerprint density at radius 1 is 1.07 bits per heavy atom. The Morgan fingerprint density at radius 3 is 2.10 bits per heavy atom. The van der Waals surface area contributed by atoms with Crippen LogP contribution in [0.5, 0.6) is 0 Å². The maximum absolute atomic E-state index is 12.6. The van der Waals surface area contributed by atoms with Crippen molar-refractivity contribution in [3.63, 3.8) is 0 Å². The van der Waals surface area contributed by atoms with Crippen LogP contribution in [0.15, 0.2) is 53.4 Å². The van der Waals surface area contributed by atoms with Gasteiger partial charge in [-0.3, -0.25) is 9.59 Å². The SMILES string of the molecule is C[C@H](N)C(=O)NCCC[C@H](NS(=O)(=O)c1ccc(-c2ccc(Cl)cc2)cc1)C(=O)O. The van der Waals surface area contributed by atoms with Gasteiger partial charge in [-0.05, 0) is 55.2 Å². The first kappa shape index (κ1) is 23.8. The third kappa shape index (κ3) is 6.81. The molecule has 2 aromatic carbocycles. The van der Waals surface area contributed by atoms with E-state index in [1.54, 1.807) is 24.3 Å². The summed E-state index contributed by atoms with van der Waals surface area (Å²) >= 11 is 5.87. The number of carboxylic acid groups (broad SMARTS) is 1. The Bertz CT molecular complexity index is 977. The fourth-order valence-corrected chi connectivity index (χ4v) is 3.99. The van der Waals surface area contributed by atoms with Crippen LogP contribution in [0.4, 0.5) is 0 Å².